The lowest BCUT2D eigenvalue weighted by atomic mass is 10.1. The van der Waals surface area contributed by atoms with Gasteiger partial charge in [-0.15, -0.1) is 11.3 Å². The van der Waals surface area contributed by atoms with Gasteiger partial charge in [-0.1, -0.05) is 0 Å². The van der Waals surface area contributed by atoms with Gasteiger partial charge in [-0.3, -0.25) is 9.48 Å². The Balaban J connectivity index is 2.10. The number of carbonyl (C=O) groups excluding carboxylic acids is 1. The number of carbonyl (C=O) groups is 1. The van der Waals surface area contributed by atoms with Crippen molar-refractivity contribution in [3.63, 3.8) is 0 Å². The second-order valence-corrected chi connectivity index (χ2v) is 6.57. The van der Waals surface area contributed by atoms with Gasteiger partial charge in [0.15, 0.2) is 0 Å². The van der Waals surface area contributed by atoms with E-state index in [1.165, 1.54) is 11.3 Å². The number of nitrogens with zero attached hydrogens (tertiary/aromatic N) is 2. The van der Waals surface area contributed by atoms with Gasteiger partial charge >= 0.3 is 0 Å². The second-order valence-electron chi connectivity index (χ2n) is 4.11. The standard InChI is InChI=1S/C12H14BrN3OS/c1-7(9-6-14-16(3)8(9)2)15-12(17)10-4-5-11(13)18-10/h4-7H,1-3H3,(H,15,17)/t7-/m0/s1. The van der Waals surface area contributed by atoms with Crippen LogP contribution < -0.4 is 5.32 Å². The van der Waals surface area contributed by atoms with Crippen LogP contribution >= 0.6 is 27.3 Å². The molecule has 1 atom stereocenters. The van der Waals surface area contributed by atoms with Crippen LogP contribution in [0.15, 0.2) is 22.1 Å². The highest BCUT2D eigenvalue weighted by Gasteiger charge is 2.16. The van der Waals surface area contributed by atoms with Gasteiger partial charge in [0.2, 0.25) is 0 Å². The van der Waals surface area contributed by atoms with E-state index in [9.17, 15) is 4.79 Å². The molecule has 0 aliphatic heterocycles. The molecular weight excluding hydrogens is 314 g/mol. The number of aromatic nitrogens is 2. The summed E-state index contributed by atoms with van der Waals surface area (Å²) in [6.45, 7) is 3.96. The van der Waals surface area contributed by atoms with Crippen molar-refractivity contribution in [2.45, 2.75) is 19.9 Å². The van der Waals surface area contributed by atoms with Crippen LogP contribution in [0.3, 0.4) is 0 Å². The van der Waals surface area contributed by atoms with Crippen molar-refractivity contribution in [1.82, 2.24) is 15.1 Å². The lowest BCUT2D eigenvalue weighted by Gasteiger charge is -2.12. The fraction of sp³-hybridized carbons (Fsp3) is 0.333. The van der Waals surface area contributed by atoms with Crippen LogP contribution in [0, 0.1) is 6.92 Å². The number of rotatable bonds is 3. The maximum atomic E-state index is 12.0. The van der Waals surface area contributed by atoms with Crippen LogP contribution in [0.25, 0.3) is 0 Å². The van der Waals surface area contributed by atoms with Gasteiger partial charge < -0.3 is 5.32 Å². The van der Waals surface area contributed by atoms with E-state index in [1.54, 1.807) is 10.9 Å². The van der Waals surface area contributed by atoms with Crippen molar-refractivity contribution in [3.8, 4) is 0 Å². The van der Waals surface area contributed by atoms with Crippen molar-refractivity contribution in [2.75, 3.05) is 0 Å². The first-order valence-electron chi connectivity index (χ1n) is 5.53. The summed E-state index contributed by atoms with van der Waals surface area (Å²) < 4.78 is 2.76. The number of thiophene rings is 1. The summed E-state index contributed by atoms with van der Waals surface area (Å²) >= 11 is 4.78. The zero-order valence-electron chi connectivity index (χ0n) is 10.4. The number of amides is 1. The first-order valence-corrected chi connectivity index (χ1v) is 7.14. The molecule has 0 radical (unpaired) electrons. The summed E-state index contributed by atoms with van der Waals surface area (Å²) in [5.74, 6) is -0.0542. The zero-order valence-corrected chi connectivity index (χ0v) is 12.8. The molecule has 2 heterocycles. The van der Waals surface area contributed by atoms with Crippen LogP contribution in [-0.2, 0) is 7.05 Å². The Morgan fingerprint density at radius 2 is 2.28 bits per heavy atom. The monoisotopic (exact) mass is 327 g/mol. The molecule has 2 aromatic rings. The summed E-state index contributed by atoms with van der Waals surface area (Å²) in [7, 11) is 1.89. The molecule has 0 aromatic carbocycles. The van der Waals surface area contributed by atoms with E-state index in [-0.39, 0.29) is 11.9 Å². The average molecular weight is 328 g/mol. The molecule has 0 unspecified atom stereocenters. The molecule has 0 aliphatic carbocycles. The molecule has 2 aromatic heterocycles. The van der Waals surface area contributed by atoms with E-state index >= 15 is 0 Å². The highest BCUT2D eigenvalue weighted by molar-refractivity contribution is 9.11. The Morgan fingerprint density at radius 1 is 1.56 bits per heavy atom. The highest BCUT2D eigenvalue weighted by atomic mass is 79.9. The molecule has 2 rings (SSSR count). The van der Waals surface area contributed by atoms with Gasteiger partial charge in [0, 0.05) is 18.3 Å². The number of hydrogen-bond donors (Lipinski definition) is 1. The normalized spacial score (nSPS) is 12.4. The molecule has 96 valence electrons. The Labute approximate surface area is 118 Å². The SMILES string of the molecule is Cc1c([C@H](C)NC(=O)c2ccc(Br)s2)cnn1C. The maximum absolute atomic E-state index is 12.0. The van der Waals surface area contributed by atoms with Gasteiger partial charge in [0.25, 0.3) is 5.91 Å². The van der Waals surface area contributed by atoms with E-state index in [0.717, 1.165) is 15.0 Å². The van der Waals surface area contributed by atoms with Gasteiger partial charge in [0.05, 0.1) is 20.9 Å². The van der Waals surface area contributed by atoms with Gasteiger partial charge in [0.1, 0.15) is 0 Å². The molecular formula is C12H14BrN3OS. The first kappa shape index (κ1) is 13.3. The van der Waals surface area contributed by atoms with Gasteiger partial charge in [-0.05, 0) is 41.9 Å². The van der Waals surface area contributed by atoms with Crippen LogP contribution in [0.1, 0.15) is 33.9 Å². The molecule has 0 saturated heterocycles. The molecule has 0 aliphatic rings. The molecule has 1 amide bonds. The van der Waals surface area contributed by atoms with Crippen LogP contribution in [-0.4, -0.2) is 15.7 Å². The Morgan fingerprint density at radius 3 is 2.78 bits per heavy atom. The molecule has 18 heavy (non-hydrogen) atoms. The average Bonchev–Trinajstić information content (AvgIpc) is 2.87. The van der Waals surface area contributed by atoms with Crippen LogP contribution in [0.4, 0.5) is 0 Å². The summed E-state index contributed by atoms with van der Waals surface area (Å²) in [5.41, 5.74) is 2.11. The quantitative estimate of drug-likeness (QED) is 0.941. The van der Waals surface area contributed by atoms with Gasteiger partial charge in [-0.2, -0.15) is 5.10 Å². The Kier molecular flexibility index (Phi) is 3.87. The van der Waals surface area contributed by atoms with E-state index in [1.807, 2.05) is 33.0 Å². The highest BCUT2D eigenvalue weighted by Crippen LogP contribution is 2.23. The molecule has 0 fully saturated rings. The molecule has 0 saturated carbocycles. The Hall–Kier alpha value is -1.14. The molecule has 1 N–H and O–H groups in total. The van der Waals surface area contributed by atoms with E-state index < -0.39 is 0 Å². The summed E-state index contributed by atoms with van der Waals surface area (Å²) in [4.78, 5) is 12.7. The molecule has 6 heteroatoms. The van der Waals surface area contributed by atoms with E-state index in [4.69, 9.17) is 0 Å². The van der Waals surface area contributed by atoms with Gasteiger partial charge in [-0.25, -0.2) is 0 Å². The predicted octanol–water partition coefficient (Wildman–Crippen LogP) is 3.04. The number of halogens is 1. The van der Waals surface area contributed by atoms with Crippen molar-refractivity contribution in [2.24, 2.45) is 7.05 Å². The minimum Gasteiger partial charge on any atom is -0.345 e. The number of aryl methyl sites for hydroxylation is 1. The maximum Gasteiger partial charge on any atom is 0.261 e. The minimum absolute atomic E-state index is 0.0490. The van der Waals surface area contributed by atoms with Crippen LogP contribution in [0.5, 0.6) is 0 Å². The topological polar surface area (TPSA) is 46.9 Å². The minimum atomic E-state index is -0.0542. The fourth-order valence-corrected chi connectivity index (χ4v) is 3.01. The Bertz CT molecular complexity index is 576. The number of nitrogens with one attached hydrogen (secondary N) is 1. The fourth-order valence-electron chi connectivity index (χ4n) is 1.72. The lowest BCUT2D eigenvalue weighted by Crippen LogP contribution is -2.26. The van der Waals surface area contributed by atoms with E-state index in [2.05, 4.69) is 26.3 Å². The summed E-state index contributed by atoms with van der Waals surface area (Å²) in [5, 5.41) is 7.16. The molecule has 4 nitrogen and oxygen atoms in total. The second kappa shape index (κ2) is 5.24. The largest absolute Gasteiger partial charge is 0.345 e. The third kappa shape index (κ3) is 2.64. The third-order valence-electron chi connectivity index (χ3n) is 2.88. The van der Waals surface area contributed by atoms with Crippen molar-refractivity contribution >= 4 is 33.2 Å². The predicted molar refractivity (Wildman–Crippen MR) is 75.8 cm³/mol. The van der Waals surface area contributed by atoms with Crippen molar-refractivity contribution in [3.05, 3.63) is 38.3 Å². The summed E-state index contributed by atoms with van der Waals surface area (Å²) in [6, 6.07) is 3.64. The van der Waals surface area contributed by atoms with Crippen molar-refractivity contribution in [1.29, 1.82) is 0 Å². The van der Waals surface area contributed by atoms with Crippen LogP contribution in [0.2, 0.25) is 0 Å². The van der Waals surface area contributed by atoms with Crippen molar-refractivity contribution < 1.29 is 4.79 Å². The first-order chi connectivity index (χ1) is 8.49. The summed E-state index contributed by atoms with van der Waals surface area (Å²) in [6.07, 6.45) is 1.80. The third-order valence-corrected chi connectivity index (χ3v) is 4.51. The van der Waals surface area contributed by atoms with E-state index in [0.29, 0.717) is 4.88 Å². The number of hydrogen-bond acceptors (Lipinski definition) is 3. The zero-order chi connectivity index (χ0) is 13.3. The smallest absolute Gasteiger partial charge is 0.261 e. The lowest BCUT2D eigenvalue weighted by molar-refractivity contribution is 0.0944. The molecule has 0 spiro atoms. The molecule has 0 bridgehead atoms.